The monoisotopic (exact) mass is 907 g/mol. The van der Waals surface area contributed by atoms with E-state index in [9.17, 15) is 60.7 Å². The third kappa shape index (κ3) is 18.5. The maximum atomic E-state index is 12.6. The van der Waals surface area contributed by atoms with Crippen LogP contribution in [0.15, 0.2) is 85.1 Å². The van der Waals surface area contributed by atoms with Crippen molar-refractivity contribution in [3.8, 4) is 0 Å². The zero-order chi connectivity index (χ0) is 47.6. The number of fused-ring (bicyclic) bond motifs is 2. The van der Waals surface area contributed by atoms with Gasteiger partial charge >= 0.3 is 11.9 Å². The molecule has 362 valence electrons. The van der Waals surface area contributed by atoms with Crippen molar-refractivity contribution in [1.82, 2.24) is 0 Å². The highest BCUT2D eigenvalue weighted by atomic mass is 16.7. The SMILES string of the molecule is CC1OC(O[C@H]2/C=C/C=C/C=C/C=C/C=C/C=C/C=C/[C@H](C)[C@@H](O)[C@@H](C)[C@H](C)OC(=O)C[C@H](O)C[C@H](O)CCC[C@H](O)C[C@H](O)C[C@]3(O)C[C@H](O)[C@@H](C(=O)O)[C@H](C2)O3)C(O)C(N)C1O. The Balaban J connectivity index is 1.84. The Kier molecular flexibility index (Phi) is 23.4. The first-order valence-corrected chi connectivity index (χ1v) is 22.2. The summed E-state index contributed by atoms with van der Waals surface area (Å²) in [5, 5.41) is 107. The number of nitrogens with two attached hydrogens (primary N) is 1. The number of ether oxygens (including phenoxy) is 4. The maximum Gasteiger partial charge on any atom is 0.311 e. The third-order valence-corrected chi connectivity index (χ3v) is 11.9. The van der Waals surface area contributed by atoms with Crippen molar-refractivity contribution in [1.29, 1.82) is 0 Å². The molecule has 0 aromatic heterocycles. The summed E-state index contributed by atoms with van der Waals surface area (Å²) >= 11 is 0. The van der Waals surface area contributed by atoms with Gasteiger partial charge in [0.1, 0.15) is 18.1 Å². The lowest BCUT2D eigenvalue weighted by molar-refractivity contribution is -0.308. The molecule has 2 saturated heterocycles. The lowest BCUT2D eigenvalue weighted by Crippen LogP contribution is -2.61. The third-order valence-electron chi connectivity index (χ3n) is 11.9. The van der Waals surface area contributed by atoms with Crippen LogP contribution in [-0.2, 0) is 28.5 Å². The summed E-state index contributed by atoms with van der Waals surface area (Å²) in [6.07, 6.45) is 7.89. The van der Waals surface area contributed by atoms with Gasteiger partial charge in [-0.1, -0.05) is 98.9 Å². The van der Waals surface area contributed by atoms with Gasteiger partial charge in [-0.3, -0.25) is 9.59 Å². The molecule has 0 aromatic rings. The number of aliphatic carboxylic acids is 1. The number of carboxylic acid groups (broad SMARTS) is 1. The Morgan fingerprint density at radius 2 is 1.22 bits per heavy atom. The molecule has 3 aliphatic rings. The number of aliphatic hydroxyl groups excluding tert-OH is 8. The van der Waals surface area contributed by atoms with Crippen LogP contribution in [-0.4, -0.2) is 154 Å². The highest BCUT2D eigenvalue weighted by Gasteiger charge is 2.51. The van der Waals surface area contributed by atoms with Crippen LogP contribution in [0.4, 0.5) is 0 Å². The zero-order valence-electron chi connectivity index (χ0n) is 37.3. The topological polar surface area (TPSA) is 299 Å². The average Bonchev–Trinajstić information content (AvgIpc) is 3.20. The molecule has 0 amide bonds. The molecule has 0 saturated carbocycles. The van der Waals surface area contributed by atoms with E-state index in [0.29, 0.717) is 0 Å². The maximum absolute atomic E-state index is 12.6. The van der Waals surface area contributed by atoms with Crippen LogP contribution in [0.25, 0.3) is 0 Å². The van der Waals surface area contributed by atoms with Crippen LogP contribution in [0, 0.1) is 17.8 Å². The molecule has 12 N–H and O–H groups in total. The molecule has 0 spiro atoms. The molecule has 3 heterocycles. The molecule has 2 fully saturated rings. The fourth-order valence-corrected chi connectivity index (χ4v) is 8.00. The van der Waals surface area contributed by atoms with E-state index in [4.69, 9.17) is 24.7 Å². The number of cyclic esters (lactones) is 1. The van der Waals surface area contributed by atoms with Crippen molar-refractivity contribution < 1.29 is 79.6 Å². The number of esters is 1. The van der Waals surface area contributed by atoms with E-state index in [1.807, 2.05) is 43.4 Å². The summed E-state index contributed by atoms with van der Waals surface area (Å²) in [6, 6.07) is -1.13. The van der Waals surface area contributed by atoms with Crippen molar-refractivity contribution in [3.63, 3.8) is 0 Å². The highest BCUT2D eigenvalue weighted by molar-refractivity contribution is 5.71. The number of carbonyl (C=O) groups excluding carboxylic acids is 1. The minimum Gasteiger partial charge on any atom is -0.481 e. The molecule has 0 radical (unpaired) electrons. The number of rotatable bonds is 3. The van der Waals surface area contributed by atoms with Crippen LogP contribution in [0.5, 0.6) is 0 Å². The van der Waals surface area contributed by atoms with E-state index in [1.165, 1.54) is 6.08 Å². The lowest BCUT2D eigenvalue weighted by Gasteiger charge is -2.45. The summed E-state index contributed by atoms with van der Waals surface area (Å²) in [5.41, 5.74) is 6.02. The fourth-order valence-electron chi connectivity index (χ4n) is 8.00. The summed E-state index contributed by atoms with van der Waals surface area (Å²) in [4.78, 5) is 25.1. The van der Waals surface area contributed by atoms with Gasteiger partial charge in [-0.2, -0.15) is 0 Å². The molecule has 18 atom stereocenters. The number of carbonyl (C=O) groups is 2. The van der Waals surface area contributed by atoms with Crippen LogP contribution in [0.2, 0.25) is 0 Å². The van der Waals surface area contributed by atoms with Crippen LogP contribution in [0.3, 0.4) is 0 Å². The highest BCUT2D eigenvalue weighted by Crippen LogP contribution is 2.38. The molecule has 3 aliphatic heterocycles. The Labute approximate surface area is 376 Å². The standard InChI is InChI=1S/C47H73NO16/c1-28-18-15-13-11-9-7-5-6-8-10-12-14-16-21-36(63-46-44(57)41(48)43(56)31(4)62-46)25-38-40(45(58)59)37(53)27-47(60,64-38)26-35(52)23-33(50)20-17-19-32(49)22-34(51)24-39(54)61-30(3)29(2)42(28)55/h5-16,18,21,28-38,40-44,46,49-53,55-57,60H,17,19-20,22-27,48H2,1-4H3,(H,58,59)/b6-5+,9-7+,10-8+,13-11+,14-12+,18-15+,21-16+/t28-,29-,30-,31?,32+,33-,34+,35-,36-,37-,38-,40+,41?,42+,43?,44?,46?,47+/m0/s1. The number of carboxylic acids is 1. The van der Waals surface area contributed by atoms with E-state index in [1.54, 1.807) is 63.3 Å². The minimum absolute atomic E-state index is 0.122. The van der Waals surface area contributed by atoms with Gasteiger partial charge in [0.15, 0.2) is 12.1 Å². The van der Waals surface area contributed by atoms with Crippen LogP contribution < -0.4 is 5.73 Å². The van der Waals surface area contributed by atoms with Gasteiger partial charge < -0.3 is 75.7 Å². The lowest BCUT2D eigenvalue weighted by atomic mass is 9.82. The van der Waals surface area contributed by atoms with E-state index in [2.05, 4.69) is 0 Å². The van der Waals surface area contributed by atoms with Crippen molar-refractivity contribution in [2.45, 2.75) is 177 Å². The van der Waals surface area contributed by atoms with Crippen LogP contribution >= 0.6 is 0 Å². The first kappa shape index (κ1) is 54.9. The number of aliphatic hydroxyl groups is 9. The average molecular weight is 908 g/mol. The molecule has 2 bridgehead atoms. The Hall–Kier alpha value is -3.40. The van der Waals surface area contributed by atoms with Crippen molar-refractivity contribution in [3.05, 3.63) is 85.1 Å². The largest absolute Gasteiger partial charge is 0.481 e. The molecular formula is C47H73NO16. The van der Waals surface area contributed by atoms with Gasteiger partial charge in [-0.15, -0.1) is 0 Å². The second kappa shape index (κ2) is 27.3. The van der Waals surface area contributed by atoms with Crippen LogP contribution in [0.1, 0.15) is 85.5 Å². The van der Waals surface area contributed by atoms with Gasteiger partial charge in [-0.25, -0.2) is 0 Å². The first-order valence-electron chi connectivity index (χ1n) is 22.2. The molecule has 17 nitrogen and oxygen atoms in total. The van der Waals surface area contributed by atoms with Gasteiger partial charge in [0.25, 0.3) is 0 Å². The van der Waals surface area contributed by atoms with Crippen molar-refractivity contribution >= 4 is 11.9 Å². The van der Waals surface area contributed by atoms with Gasteiger partial charge in [0.2, 0.25) is 0 Å². The summed E-state index contributed by atoms with van der Waals surface area (Å²) in [7, 11) is 0. The second-order valence-corrected chi connectivity index (χ2v) is 17.4. The summed E-state index contributed by atoms with van der Waals surface area (Å²) in [6.45, 7) is 6.82. The van der Waals surface area contributed by atoms with E-state index >= 15 is 0 Å². The zero-order valence-corrected chi connectivity index (χ0v) is 37.3. The molecule has 3 rings (SSSR count). The predicted molar refractivity (Wildman–Crippen MR) is 236 cm³/mol. The molecule has 17 heteroatoms. The molecule has 0 aliphatic carbocycles. The summed E-state index contributed by atoms with van der Waals surface area (Å²) in [5.74, 6) is -6.55. The molecule has 0 aromatic carbocycles. The molecular weight excluding hydrogens is 835 g/mol. The van der Waals surface area contributed by atoms with Gasteiger partial charge in [-0.05, 0) is 46.0 Å². The minimum atomic E-state index is -2.23. The number of hydrogen-bond acceptors (Lipinski definition) is 16. The molecule has 64 heavy (non-hydrogen) atoms. The quantitative estimate of drug-likeness (QED) is 0.180. The van der Waals surface area contributed by atoms with E-state index < -0.39 is 128 Å². The summed E-state index contributed by atoms with van der Waals surface area (Å²) < 4.78 is 23.2. The molecule has 5 unspecified atom stereocenters. The predicted octanol–water partition coefficient (Wildman–Crippen LogP) is 1.74. The second-order valence-electron chi connectivity index (χ2n) is 17.4. The Bertz CT molecular complexity index is 1630. The van der Waals surface area contributed by atoms with Gasteiger partial charge in [0, 0.05) is 31.1 Å². The van der Waals surface area contributed by atoms with Crippen molar-refractivity contribution in [2.24, 2.45) is 23.5 Å². The normalized spacial score (nSPS) is 44.8. The Morgan fingerprint density at radius 1 is 0.688 bits per heavy atom. The number of allylic oxidation sites excluding steroid dienone is 12. The Morgan fingerprint density at radius 3 is 1.78 bits per heavy atom. The first-order chi connectivity index (χ1) is 30.2. The van der Waals surface area contributed by atoms with Crippen molar-refractivity contribution in [2.75, 3.05) is 0 Å². The van der Waals surface area contributed by atoms with Gasteiger partial charge in [0.05, 0.1) is 73.5 Å². The smallest absolute Gasteiger partial charge is 0.311 e. The van der Waals surface area contributed by atoms with E-state index in [-0.39, 0.29) is 50.9 Å². The van der Waals surface area contributed by atoms with E-state index in [0.717, 1.165) is 0 Å². The fraction of sp³-hybridized carbons (Fsp3) is 0.660. The number of hydrogen-bond donors (Lipinski definition) is 11.